The van der Waals surface area contributed by atoms with Gasteiger partial charge < -0.3 is 16.0 Å². The van der Waals surface area contributed by atoms with E-state index in [9.17, 15) is 48.8 Å². The molecule has 0 bridgehead atoms. The molecule has 55 heavy (non-hydrogen) atoms. The van der Waals surface area contributed by atoms with Gasteiger partial charge in [-0.25, -0.2) is 34.4 Å². The first kappa shape index (κ1) is 42.3. The highest BCUT2D eigenvalue weighted by Crippen LogP contribution is 2.33. The summed E-state index contributed by atoms with van der Waals surface area (Å²) in [6.45, 7) is -0.767. The minimum atomic E-state index is -4.35. The first-order valence-electron chi connectivity index (χ1n) is 17.0. The van der Waals surface area contributed by atoms with Gasteiger partial charge in [-0.2, -0.15) is 9.03 Å². The molecule has 3 fully saturated rings. The summed E-state index contributed by atoms with van der Waals surface area (Å²) < 4.78 is 110. The molecular weight excluding hydrogens is 813 g/mol. The number of nitrogens with zero attached hydrogens (tertiary/aromatic N) is 1. The summed E-state index contributed by atoms with van der Waals surface area (Å²) in [7, 11) is -8.43. The SMILES string of the molecule is O=C(NC1CC1)c1ccc(CN(C2CC(F)(F)CCNC2=O)S(=O)(=O)c2ccc(Cl)cc2)cc1.O=C1NCCC(F)(F)CC1NS(=O)(=O)c1ccc(Cl)cc1. The fourth-order valence-corrected chi connectivity index (χ4v) is 8.71. The Morgan fingerprint density at radius 2 is 1.25 bits per heavy atom. The van der Waals surface area contributed by atoms with E-state index >= 15 is 0 Å². The quantitative estimate of drug-likeness (QED) is 0.211. The van der Waals surface area contributed by atoms with Gasteiger partial charge in [-0.05, 0) is 79.1 Å². The number of alkyl halides is 4. The van der Waals surface area contributed by atoms with Crippen LogP contribution in [0.25, 0.3) is 0 Å². The molecule has 2 saturated heterocycles. The molecule has 1 saturated carbocycles. The molecule has 2 unspecified atom stereocenters. The summed E-state index contributed by atoms with van der Waals surface area (Å²) in [4.78, 5) is 36.3. The average Bonchev–Trinajstić information content (AvgIpc) is 3.96. The van der Waals surface area contributed by atoms with Crippen LogP contribution >= 0.6 is 23.2 Å². The molecule has 3 aliphatic rings. The Hall–Kier alpha value is -3.81. The van der Waals surface area contributed by atoms with Crippen LogP contribution in [0.1, 0.15) is 54.4 Å². The Balaban J connectivity index is 0.000000237. The number of rotatable bonds is 10. The predicted octanol–water partition coefficient (Wildman–Crippen LogP) is 4.87. The predicted molar refractivity (Wildman–Crippen MR) is 195 cm³/mol. The van der Waals surface area contributed by atoms with E-state index in [1.807, 2.05) is 4.72 Å². The smallest absolute Gasteiger partial charge is 0.251 e. The van der Waals surface area contributed by atoms with Crippen LogP contribution < -0.4 is 20.7 Å². The van der Waals surface area contributed by atoms with Crippen molar-refractivity contribution in [2.24, 2.45) is 0 Å². The van der Waals surface area contributed by atoms with Gasteiger partial charge in [-0.1, -0.05) is 35.3 Å². The zero-order valence-corrected chi connectivity index (χ0v) is 32.1. The minimum Gasteiger partial charge on any atom is -0.354 e. The first-order chi connectivity index (χ1) is 25.7. The maximum Gasteiger partial charge on any atom is 0.251 e. The van der Waals surface area contributed by atoms with Crippen LogP contribution in [-0.2, 0) is 36.2 Å². The normalized spacial score (nSPS) is 21.2. The number of hydrogen-bond donors (Lipinski definition) is 4. The third-order valence-corrected chi connectivity index (χ3v) is 12.7. The van der Waals surface area contributed by atoms with Crippen LogP contribution in [0.4, 0.5) is 17.6 Å². The number of carbonyl (C=O) groups excluding carboxylic acids is 3. The van der Waals surface area contributed by atoms with Gasteiger partial charge in [0, 0.05) is 67.0 Å². The number of benzene rings is 3. The molecule has 0 spiro atoms. The molecular formula is C35H37Cl2F4N5O7S2. The highest BCUT2D eigenvalue weighted by atomic mass is 35.5. The lowest BCUT2D eigenvalue weighted by Gasteiger charge is -2.30. The summed E-state index contributed by atoms with van der Waals surface area (Å²) in [5.41, 5.74) is 0.849. The van der Waals surface area contributed by atoms with Crippen LogP contribution in [0.2, 0.25) is 10.0 Å². The Bertz CT molecular complexity index is 2090. The molecule has 0 aromatic heterocycles. The molecule has 20 heteroatoms. The van der Waals surface area contributed by atoms with Crippen LogP contribution in [0.5, 0.6) is 0 Å². The zero-order valence-electron chi connectivity index (χ0n) is 28.9. The monoisotopic (exact) mass is 849 g/mol. The molecule has 1 aliphatic carbocycles. The summed E-state index contributed by atoms with van der Waals surface area (Å²) in [5.74, 6) is -8.10. The Labute approximate surface area is 325 Å². The maximum absolute atomic E-state index is 14.4. The van der Waals surface area contributed by atoms with Crippen LogP contribution in [0, 0.1) is 0 Å². The van der Waals surface area contributed by atoms with Crippen molar-refractivity contribution in [3.8, 4) is 0 Å². The van der Waals surface area contributed by atoms with Gasteiger partial charge in [0.15, 0.2) is 0 Å². The lowest BCUT2D eigenvalue weighted by molar-refractivity contribution is -0.126. The second-order valence-corrected chi connectivity index (χ2v) is 17.8. The fourth-order valence-electron chi connectivity index (χ4n) is 5.69. The van der Waals surface area contributed by atoms with Crippen molar-refractivity contribution in [3.63, 3.8) is 0 Å². The van der Waals surface area contributed by atoms with Gasteiger partial charge in [-0.15, -0.1) is 0 Å². The number of halogens is 6. The van der Waals surface area contributed by atoms with Gasteiger partial charge in [0.2, 0.25) is 31.9 Å². The van der Waals surface area contributed by atoms with Gasteiger partial charge in [0.1, 0.15) is 12.1 Å². The lowest BCUT2D eigenvalue weighted by atomic mass is 10.1. The molecule has 0 radical (unpaired) electrons. The first-order valence-corrected chi connectivity index (χ1v) is 20.7. The summed E-state index contributed by atoms with van der Waals surface area (Å²) >= 11 is 11.5. The average molecular weight is 851 g/mol. The van der Waals surface area contributed by atoms with E-state index in [-0.39, 0.29) is 41.4 Å². The molecule has 12 nitrogen and oxygen atoms in total. The molecule has 3 amide bonds. The largest absolute Gasteiger partial charge is 0.354 e. The zero-order chi connectivity index (χ0) is 40.2. The van der Waals surface area contributed by atoms with Crippen molar-refractivity contribution in [2.45, 2.75) is 84.8 Å². The van der Waals surface area contributed by atoms with E-state index in [1.165, 1.54) is 48.5 Å². The molecule has 2 heterocycles. The van der Waals surface area contributed by atoms with E-state index in [0.29, 0.717) is 21.2 Å². The number of sulfonamides is 2. The second-order valence-electron chi connectivity index (χ2n) is 13.3. The van der Waals surface area contributed by atoms with Crippen molar-refractivity contribution < 1.29 is 48.8 Å². The fraction of sp³-hybridized carbons (Fsp3) is 0.400. The van der Waals surface area contributed by atoms with Crippen molar-refractivity contribution in [3.05, 3.63) is 94.0 Å². The number of hydrogen-bond acceptors (Lipinski definition) is 7. The Kier molecular flexibility index (Phi) is 13.2. The summed E-state index contributed by atoms with van der Waals surface area (Å²) in [6, 6.07) is 13.7. The summed E-state index contributed by atoms with van der Waals surface area (Å²) in [6.07, 6.45) is -1.02. The highest BCUT2D eigenvalue weighted by Gasteiger charge is 2.45. The number of carbonyl (C=O) groups is 3. The molecule has 3 aromatic rings. The summed E-state index contributed by atoms with van der Waals surface area (Å²) in [5, 5.41) is 8.18. The molecule has 6 rings (SSSR count). The Morgan fingerprint density at radius 3 is 1.80 bits per heavy atom. The van der Waals surface area contributed by atoms with E-state index in [0.717, 1.165) is 17.1 Å². The second kappa shape index (κ2) is 17.1. The van der Waals surface area contributed by atoms with Gasteiger partial charge >= 0.3 is 0 Å². The topological polar surface area (TPSA) is 171 Å². The third kappa shape index (κ3) is 11.6. The number of nitrogens with one attached hydrogen (secondary N) is 4. The van der Waals surface area contributed by atoms with Crippen LogP contribution in [-0.4, -0.2) is 81.9 Å². The lowest BCUT2D eigenvalue weighted by Crippen LogP contribution is -2.49. The minimum absolute atomic E-state index is 0.146. The van der Waals surface area contributed by atoms with Crippen molar-refractivity contribution in [1.29, 1.82) is 0 Å². The highest BCUT2D eigenvalue weighted by molar-refractivity contribution is 7.89. The van der Waals surface area contributed by atoms with E-state index in [2.05, 4.69) is 16.0 Å². The molecule has 298 valence electrons. The molecule has 2 aliphatic heterocycles. The van der Waals surface area contributed by atoms with Gasteiger partial charge in [0.25, 0.3) is 17.8 Å². The molecule has 4 N–H and O–H groups in total. The van der Waals surface area contributed by atoms with E-state index in [4.69, 9.17) is 23.2 Å². The molecule has 3 aromatic carbocycles. The molecule has 2 atom stereocenters. The van der Waals surface area contributed by atoms with Crippen molar-refractivity contribution in [2.75, 3.05) is 13.1 Å². The van der Waals surface area contributed by atoms with Gasteiger partial charge in [-0.3, -0.25) is 14.4 Å². The van der Waals surface area contributed by atoms with E-state index < -0.39 is 81.5 Å². The van der Waals surface area contributed by atoms with Crippen molar-refractivity contribution in [1.82, 2.24) is 25.0 Å². The standard InChI is InChI=1S/C23H24ClF2N3O4S.C12H13ClF2N2O3S/c24-17-5-9-19(10-6-17)34(32,33)29(20-13-23(25,26)11-12-27-22(20)31)14-15-1-3-16(4-2-15)21(30)28-18-7-8-18;13-8-1-3-9(4-2-8)21(19,20)17-10-7-12(14,15)5-6-16-11(10)18/h1-6,9-10,18,20H,7-8,11-14H2,(H,27,31)(H,28,30);1-4,10,17H,5-7H2,(H,16,18). The van der Waals surface area contributed by atoms with E-state index in [1.54, 1.807) is 24.3 Å². The van der Waals surface area contributed by atoms with Crippen LogP contribution in [0.15, 0.2) is 82.6 Å². The van der Waals surface area contributed by atoms with Crippen molar-refractivity contribution >= 4 is 61.0 Å². The third-order valence-electron chi connectivity index (χ3n) is 8.85. The maximum atomic E-state index is 14.4. The van der Waals surface area contributed by atoms with Gasteiger partial charge in [0.05, 0.1) is 9.79 Å². The number of amides is 3. The van der Waals surface area contributed by atoms with Crippen LogP contribution in [0.3, 0.4) is 0 Å². The Morgan fingerprint density at radius 1 is 0.745 bits per heavy atom.